The molecule has 2 aromatic carbocycles. The van der Waals surface area contributed by atoms with Gasteiger partial charge in [0.05, 0.1) is 32.6 Å². The fourth-order valence-electron chi connectivity index (χ4n) is 3.78. The molecular formula is C26H20Cl3N3O5S. The van der Waals surface area contributed by atoms with E-state index in [-0.39, 0.29) is 60.8 Å². The second-order valence-corrected chi connectivity index (χ2v) is 10.3. The molecule has 8 nitrogen and oxygen atoms in total. The number of phenolic OH excluding ortho intramolecular Hbond substituents is 2. The highest BCUT2D eigenvalue weighted by Gasteiger charge is 2.31. The molecule has 4 aromatic rings. The minimum absolute atomic E-state index is 0.00225. The Kier molecular flexibility index (Phi) is 8.42. The number of thioether (sulfide) groups is 1. The van der Waals surface area contributed by atoms with Gasteiger partial charge in [0, 0.05) is 19.2 Å². The van der Waals surface area contributed by atoms with Gasteiger partial charge in [0.15, 0.2) is 0 Å². The van der Waals surface area contributed by atoms with Crippen LogP contribution in [-0.4, -0.2) is 49.5 Å². The molecule has 0 aliphatic carbocycles. The van der Waals surface area contributed by atoms with E-state index in [0.29, 0.717) is 17.3 Å². The Morgan fingerprint density at radius 2 is 1.53 bits per heavy atom. The van der Waals surface area contributed by atoms with Crippen molar-refractivity contribution in [2.75, 3.05) is 12.3 Å². The summed E-state index contributed by atoms with van der Waals surface area (Å²) in [5.41, 5.74) is -0.0667. The molecule has 4 rings (SSSR count). The van der Waals surface area contributed by atoms with E-state index in [1.54, 1.807) is 24.3 Å². The molecule has 0 atom stereocenters. The molecule has 0 aliphatic heterocycles. The van der Waals surface area contributed by atoms with E-state index in [0.717, 1.165) is 0 Å². The Morgan fingerprint density at radius 1 is 0.947 bits per heavy atom. The standard InChI is InChI=1S/C26H20Cl3N3O5S/c1-13(33)30-10-11-38-26-16(27)12-17(23(36)14-6-2-4-8-18(14)34)32(26)22-20(28)25(29)31-21(22)24(37)15-7-3-5-9-19(15)35/h2-9,12,31,34-35H,10-11H2,1H3,(H,30,33). The minimum atomic E-state index is -0.633. The van der Waals surface area contributed by atoms with E-state index in [1.165, 1.54) is 53.6 Å². The monoisotopic (exact) mass is 591 g/mol. The van der Waals surface area contributed by atoms with E-state index in [1.807, 2.05) is 0 Å². The van der Waals surface area contributed by atoms with Gasteiger partial charge in [-0.2, -0.15) is 0 Å². The second-order valence-electron chi connectivity index (χ2n) is 8.02. The summed E-state index contributed by atoms with van der Waals surface area (Å²) in [6, 6.07) is 13.4. The molecule has 0 aliphatic rings. The van der Waals surface area contributed by atoms with Crippen LogP contribution in [0, 0.1) is 0 Å². The number of rotatable bonds is 9. The fraction of sp³-hybridized carbons (Fsp3) is 0.115. The normalized spacial score (nSPS) is 10.9. The number of ketones is 2. The smallest absolute Gasteiger partial charge is 0.216 e. The highest BCUT2D eigenvalue weighted by atomic mass is 35.5. The summed E-state index contributed by atoms with van der Waals surface area (Å²) in [7, 11) is 0. The predicted molar refractivity (Wildman–Crippen MR) is 148 cm³/mol. The van der Waals surface area contributed by atoms with Crippen LogP contribution in [0.4, 0.5) is 0 Å². The van der Waals surface area contributed by atoms with Crippen LogP contribution in [0.25, 0.3) is 5.69 Å². The first kappa shape index (κ1) is 27.7. The zero-order valence-electron chi connectivity index (χ0n) is 19.7. The first-order valence-electron chi connectivity index (χ1n) is 11.1. The van der Waals surface area contributed by atoms with Gasteiger partial charge >= 0.3 is 0 Å². The lowest BCUT2D eigenvalue weighted by atomic mass is 10.1. The molecule has 0 unspecified atom stereocenters. The quantitative estimate of drug-likeness (QED) is 0.110. The number of halogens is 3. The average molecular weight is 593 g/mol. The Morgan fingerprint density at radius 3 is 2.11 bits per heavy atom. The van der Waals surface area contributed by atoms with Crippen molar-refractivity contribution in [2.45, 2.75) is 11.9 Å². The number of hydrogen-bond donors (Lipinski definition) is 4. The Labute approximate surface area is 236 Å². The van der Waals surface area contributed by atoms with Crippen molar-refractivity contribution in [1.29, 1.82) is 0 Å². The first-order valence-corrected chi connectivity index (χ1v) is 13.2. The van der Waals surface area contributed by atoms with Crippen LogP contribution < -0.4 is 5.32 Å². The fourth-order valence-corrected chi connectivity index (χ4v) is 5.45. The van der Waals surface area contributed by atoms with Crippen LogP contribution in [0.15, 0.2) is 59.6 Å². The topological polar surface area (TPSA) is 124 Å². The lowest BCUT2D eigenvalue weighted by Crippen LogP contribution is -2.22. The van der Waals surface area contributed by atoms with Crippen LogP contribution >= 0.6 is 46.6 Å². The number of aromatic amines is 1. The van der Waals surface area contributed by atoms with Crippen molar-refractivity contribution in [3.63, 3.8) is 0 Å². The molecule has 0 saturated carbocycles. The molecule has 1 amide bonds. The number of aromatic nitrogens is 2. The molecule has 0 spiro atoms. The van der Waals surface area contributed by atoms with Crippen molar-refractivity contribution < 1.29 is 24.6 Å². The molecule has 196 valence electrons. The Bertz CT molecular complexity index is 1560. The summed E-state index contributed by atoms with van der Waals surface area (Å²) in [5.74, 6) is -1.57. The van der Waals surface area contributed by atoms with Crippen molar-refractivity contribution in [1.82, 2.24) is 14.9 Å². The van der Waals surface area contributed by atoms with Crippen molar-refractivity contribution >= 4 is 64.0 Å². The van der Waals surface area contributed by atoms with Crippen LogP contribution in [-0.2, 0) is 4.79 Å². The van der Waals surface area contributed by atoms with Gasteiger partial charge in [0.1, 0.15) is 27.4 Å². The van der Waals surface area contributed by atoms with Crippen LogP contribution in [0.2, 0.25) is 15.2 Å². The largest absolute Gasteiger partial charge is 0.507 e. The highest BCUT2D eigenvalue weighted by Crippen LogP contribution is 2.41. The van der Waals surface area contributed by atoms with E-state index >= 15 is 0 Å². The maximum atomic E-state index is 13.7. The number of benzene rings is 2. The maximum Gasteiger partial charge on any atom is 0.216 e. The minimum Gasteiger partial charge on any atom is -0.507 e. The first-order chi connectivity index (χ1) is 18.1. The molecule has 2 heterocycles. The SMILES string of the molecule is CC(=O)NCCSc1c(Cl)cc(C(=O)c2ccccc2O)n1-c1c(C(=O)c2ccccc2O)[nH]c(Cl)c1Cl. The molecule has 0 radical (unpaired) electrons. The summed E-state index contributed by atoms with van der Waals surface area (Å²) in [5, 5.41) is 23.7. The summed E-state index contributed by atoms with van der Waals surface area (Å²) in [6.45, 7) is 1.69. The van der Waals surface area contributed by atoms with E-state index in [9.17, 15) is 24.6 Å². The maximum absolute atomic E-state index is 13.7. The van der Waals surface area contributed by atoms with Crippen molar-refractivity contribution in [2.24, 2.45) is 0 Å². The second kappa shape index (κ2) is 11.6. The molecule has 0 saturated heterocycles. The highest BCUT2D eigenvalue weighted by molar-refractivity contribution is 7.99. The van der Waals surface area contributed by atoms with Gasteiger partial charge in [-0.15, -0.1) is 11.8 Å². The molecule has 0 bridgehead atoms. The number of nitrogens with zero attached hydrogens (tertiary/aromatic N) is 1. The summed E-state index contributed by atoms with van der Waals surface area (Å²) < 4.78 is 1.40. The summed E-state index contributed by atoms with van der Waals surface area (Å²) in [4.78, 5) is 41.3. The third kappa shape index (κ3) is 5.42. The Balaban J connectivity index is 1.93. The molecule has 4 N–H and O–H groups in total. The predicted octanol–water partition coefficient (Wildman–Crippen LogP) is 5.87. The number of hydrogen-bond acceptors (Lipinski definition) is 6. The lowest BCUT2D eigenvalue weighted by molar-refractivity contribution is -0.118. The van der Waals surface area contributed by atoms with Gasteiger partial charge in [-0.25, -0.2) is 0 Å². The number of para-hydroxylation sites is 2. The Hall–Kier alpha value is -3.37. The molecule has 0 fully saturated rings. The van der Waals surface area contributed by atoms with E-state index in [4.69, 9.17) is 34.8 Å². The van der Waals surface area contributed by atoms with Gasteiger partial charge < -0.3 is 20.5 Å². The number of phenols is 2. The molecule has 12 heteroatoms. The third-order valence-electron chi connectivity index (χ3n) is 5.48. The van der Waals surface area contributed by atoms with Gasteiger partial charge in [-0.3, -0.25) is 19.0 Å². The number of amides is 1. The van der Waals surface area contributed by atoms with Crippen LogP contribution in [0.5, 0.6) is 11.5 Å². The van der Waals surface area contributed by atoms with Gasteiger partial charge in [-0.1, -0.05) is 59.1 Å². The summed E-state index contributed by atoms with van der Waals surface area (Å²) >= 11 is 20.7. The molecule has 2 aromatic heterocycles. The van der Waals surface area contributed by atoms with E-state index < -0.39 is 11.6 Å². The summed E-state index contributed by atoms with van der Waals surface area (Å²) in [6.07, 6.45) is 0. The van der Waals surface area contributed by atoms with Gasteiger partial charge in [0.2, 0.25) is 17.5 Å². The molecular weight excluding hydrogens is 573 g/mol. The number of carbonyl (C=O) groups excluding carboxylic acids is 3. The van der Waals surface area contributed by atoms with Gasteiger partial charge in [-0.05, 0) is 30.3 Å². The zero-order chi connectivity index (χ0) is 27.6. The number of aromatic hydroxyl groups is 2. The number of nitrogens with one attached hydrogen (secondary N) is 2. The third-order valence-corrected chi connectivity index (χ3v) is 7.71. The number of H-pyrrole nitrogens is 1. The van der Waals surface area contributed by atoms with Crippen molar-refractivity contribution in [3.05, 3.63) is 92.3 Å². The van der Waals surface area contributed by atoms with Crippen LogP contribution in [0.1, 0.15) is 39.0 Å². The molecule has 38 heavy (non-hydrogen) atoms. The van der Waals surface area contributed by atoms with Crippen molar-refractivity contribution in [3.8, 4) is 17.2 Å². The zero-order valence-corrected chi connectivity index (χ0v) is 22.8. The number of carbonyl (C=O) groups is 3. The van der Waals surface area contributed by atoms with Crippen LogP contribution in [0.3, 0.4) is 0 Å². The average Bonchev–Trinajstić information content (AvgIpc) is 3.36. The lowest BCUT2D eigenvalue weighted by Gasteiger charge is -2.15. The van der Waals surface area contributed by atoms with E-state index in [2.05, 4.69) is 10.3 Å². The van der Waals surface area contributed by atoms with Gasteiger partial charge in [0.25, 0.3) is 0 Å².